The van der Waals surface area contributed by atoms with Gasteiger partial charge in [-0.1, -0.05) is 59.9 Å². The zero-order chi connectivity index (χ0) is 24.6. The molecular formula is C27H26Cl3NO3. The molecule has 2 aromatic rings. The highest BCUT2D eigenvalue weighted by molar-refractivity contribution is 6.42. The molecule has 1 aliphatic heterocycles. The average molecular weight is 519 g/mol. The third-order valence-corrected chi connectivity index (χ3v) is 7.54. The lowest BCUT2D eigenvalue weighted by Crippen LogP contribution is -2.36. The van der Waals surface area contributed by atoms with E-state index in [4.69, 9.17) is 39.5 Å². The van der Waals surface area contributed by atoms with Gasteiger partial charge in [0.15, 0.2) is 5.78 Å². The molecule has 3 unspecified atom stereocenters. The highest BCUT2D eigenvalue weighted by atomic mass is 35.5. The van der Waals surface area contributed by atoms with Gasteiger partial charge in [-0.05, 0) is 68.0 Å². The van der Waals surface area contributed by atoms with Gasteiger partial charge in [0.1, 0.15) is 0 Å². The van der Waals surface area contributed by atoms with Crippen LogP contribution in [0.1, 0.15) is 63.0 Å². The van der Waals surface area contributed by atoms with Crippen LogP contribution in [0.3, 0.4) is 0 Å². The van der Waals surface area contributed by atoms with Crippen LogP contribution < -0.4 is 5.32 Å². The lowest BCUT2D eigenvalue weighted by molar-refractivity contribution is -0.144. The van der Waals surface area contributed by atoms with Crippen LogP contribution in [0.25, 0.3) is 0 Å². The third kappa shape index (κ3) is 4.91. The van der Waals surface area contributed by atoms with Gasteiger partial charge in [-0.3, -0.25) is 4.79 Å². The van der Waals surface area contributed by atoms with Gasteiger partial charge in [-0.25, -0.2) is 4.79 Å². The molecule has 34 heavy (non-hydrogen) atoms. The summed E-state index contributed by atoms with van der Waals surface area (Å²) in [6.45, 7) is 5.65. The summed E-state index contributed by atoms with van der Waals surface area (Å²) < 4.78 is 5.69. The first-order valence-electron chi connectivity index (χ1n) is 11.3. The maximum absolute atomic E-state index is 13.6. The Morgan fingerprint density at radius 1 is 1.06 bits per heavy atom. The minimum absolute atomic E-state index is 0.00823. The molecule has 0 saturated carbocycles. The number of ketones is 1. The van der Waals surface area contributed by atoms with E-state index in [1.54, 1.807) is 12.1 Å². The van der Waals surface area contributed by atoms with Crippen molar-refractivity contribution in [2.24, 2.45) is 0 Å². The van der Waals surface area contributed by atoms with E-state index >= 15 is 0 Å². The normalized spacial score (nSPS) is 21.2. The van der Waals surface area contributed by atoms with Crippen molar-refractivity contribution >= 4 is 46.6 Å². The van der Waals surface area contributed by atoms with Crippen molar-refractivity contribution in [2.75, 3.05) is 0 Å². The van der Waals surface area contributed by atoms with Crippen molar-refractivity contribution in [3.63, 3.8) is 0 Å². The zero-order valence-corrected chi connectivity index (χ0v) is 21.5. The minimum Gasteiger partial charge on any atom is -0.459 e. The molecule has 0 fully saturated rings. The molecule has 0 aromatic heterocycles. The molecule has 4 rings (SSSR count). The van der Waals surface area contributed by atoms with Crippen LogP contribution in [-0.4, -0.2) is 17.9 Å². The second kappa shape index (κ2) is 10.2. The summed E-state index contributed by atoms with van der Waals surface area (Å²) >= 11 is 18.6. The lowest BCUT2D eigenvalue weighted by atomic mass is 9.71. The predicted octanol–water partition coefficient (Wildman–Crippen LogP) is 7.35. The van der Waals surface area contributed by atoms with Gasteiger partial charge >= 0.3 is 5.97 Å². The van der Waals surface area contributed by atoms with E-state index < -0.39 is 11.9 Å². The van der Waals surface area contributed by atoms with E-state index in [9.17, 15) is 9.59 Å². The van der Waals surface area contributed by atoms with Crippen LogP contribution in [-0.2, 0) is 14.3 Å². The van der Waals surface area contributed by atoms with Crippen LogP contribution in [0, 0.1) is 0 Å². The fourth-order valence-electron chi connectivity index (χ4n) is 4.64. The molecule has 1 N–H and O–H groups in total. The fourth-order valence-corrected chi connectivity index (χ4v) is 5.07. The molecular weight excluding hydrogens is 493 g/mol. The van der Waals surface area contributed by atoms with Crippen molar-refractivity contribution < 1.29 is 14.3 Å². The number of benzene rings is 2. The van der Waals surface area contributed by atoms with Crippen LogP contribution in [0.4, 0.5) is 0 Å². The molecule has 3 atom stereocenters. The summed E-state index contributed by atoms with van der Waals surface area (Å²) in [5, 5.41) is 4.80. The van der Waals surface area contributed by atoms with Gasteiger partial charge in [0.05, 0.1) is 21.7 Å². The van der Waals surface area contributed by atoms with E-state index in [0.29, 0.717) is 51.2 Å². The second-order valence-corrected chi connectivity index (χ2v) is 10.1. The molecule has 1 aliphatic carbocycles. The molecule has 0 saturated heterocycles. The largest absolute Gasteiger partial charge is 0.459 e. The Kier molecular flexibility index (Phi) is 7.42. The summed E-state index contributed by atoms with van der Waals surface area (Å²) in [6, 6.07) is 12.8. The Hall–Kier alpha value is -2.27. The number of hydrogen-bond donors (Lipinski definition) is 1. The second-order valence-electron chi connectivity index (χ2n) is 8.87. The quantitative estimate of drug-likeness (QED) is 0.420. The van der Waals surface area contributed by atoms with Crippen LogP contribution in [0.15, 0.2) is 65.0 Å². The number of dihydropyridines is 1. The number of rotatable bonds is 5. The predicted molar refractivity (Wildman–Crippen MR) is 136 cm³/mol. The summed E-state index contributed by atoms with van der Waals surface area (Å²) in [4.78, 5) is 26.9. The smallest absolute Gasteiger partial charge is 0.337 e. The van der Waals surface area contributed by atoms with Gasteiger partial charge in [-0.2, -0.15) is 0 Å². The van der Waals surface area contributed by atoms with Gasteiger partial charge in [-0.15, -0.1) is 0 Å². The number of nitrogens with one attached hydrogen (secondary N) is 1. The molecule has 7 heteroatoms. The average Bonchev–Trinajstić information content (AvgIpc) is 2.80. The highest BCUT2D eigenvalue weighted by Crippen LogP contribution is 2.46. The first-order valence-corrected chi connectivity index (χ1v) is 12.5. The van der Waals surface area contributed by atoms with Crippen LogP contribution in [0.2, 0.25) is 15.1 Å². The Labute approximate surface area is 214 Å². The van der Waals surface area contributed by atoms with Crippen LogP contribution in [0.5, 0.6) is 0 Å². The molecule has 4 nitrogen and oxygen atoms in total. The topological polar surface area (TPSA) is 55.4 Å². The summed E-state index contributed by atoms with van der Waals surface area (Å²) in [5.74, 6) is -1.01. The molecule has 0 radical (unpaired) electrons. The van der Waals surface area contributed by atoms with E-state index in [1.165, 1.54) is 0 Å². The molecule has 1 heterocycles. The van der Waals surface area contributed by atoms with Gasteiger partial charge in [0, 0.05) is 34.3 Å². The van der Waals surface area contributed by atoms with Crippen molar-refractivity contribution in [1.82, 2.24) is 5.32 Å². The SMILES string of the molecule is CCC(C)OC(=O)C1=C(C)NC2=C(C(=O)CC(c3ccc(Cl)cc3)C2)C1c1ccc(Cl)c(Cl)c1. The number of esters is 1. The Morgan fingerprint density at radius 2 is 1.74 bits per heavy atom. The molecule has 2 aromatic carbocycles. The Morgan fingerprint density at radius 3 is 2.38 bits per heavy atom. The summed E-state index contributed by atoms with van der Waals surface area (Å²) in [7, 11) is 0. The fraction of sp³-hybridized carbons (Fsp3) is 0.333. The standard InChI is InChI=1S/C27H26Cl3NO3/c1-4-14(2)34-27(33)24-15(3)31-22-12-18(16-5-8-19(28)9-6-16)13-23(32)26(22)25(24)17-7-10-20(29)21(30)11-17/h5-11,14,18,25,31H,4,12-13H2,1-3H3. The van der Waals surface area contributed by atoms with Gasteiger partial charge < -0.3 is 10.1 Å². The number of allylic oxidation sites excluding steroid dienone is 3. The van der Waals surface area contributed by atoms with Crippen molar-refractivity contribution in [1.29, 1.82) is 0 Å². The first kappa shape index (κ1) is 24.8. The zero-order valence-electron chi connectivity index (χ0n) is 19.3. The third-order valence-electron chi connectivity index (χ3n) is 6.55. The maximum atomic E-state index is 13.6. The van der Waals surface area contributed by atoms with Gasteiger partial charge in [0.2, 0.25) is 0 Å². The van der Waals surface area contributed by atoms with Crippen molar-refractivity contribution in [3.8, 4) is 0 Å². The van der Waals surface area contributed by atoms with E-state index in [1.807, 2.05) is 51.1 Å². The highest BCUT2D eigenvalue weighted by Gasteiger charge is 2.41. The lowest BCUT2D eigenvalue weighted by Gasteiger charge is -2.37. The van der Waals surface area contributed by atoms with Crippen molar-refractivity contribution in [3.05, 3.63) is 91.2 Å². The molecule has 0 amide bonds. The van der Waals surface area contributed by atoms with Crippen molar-refractivity contribution in [2.45, 2.75) is 58.0 Å². The number of carbonyl (C=O) groups is 2. The maximum Gasteiger partial charge on any atom is 0.337 e. The monoisotopic (exact) mass is 517 g/mol. The number of carbonyl (C=O) groups excluding carboxylic acids is 2. The van der Waals surface area contributed by atoms with E-state index in [0.717, 1.165) is 16.8 Å². The van der Waals surface area contributed by atoms with E-state index in [2.05, 4.69) is 5.32 Å². The summed E-state index contributed by atoms with van der Waals surface area (Å²) in [6.07, 6.45) is 1.44. The number of hydrogen-bond acceptors (Lipinski definition) is 4. The number of ether oxygens (including phenoxy) is 1. The Bertz CT molecular complexity index is 1200. The minimum atomic E-state index is -0.582. The number of halogens is 3. The molecule has 178 valence electrons. The van der Waals surface area contributed by atoms with Crippen LogP contribution >= 0.6 is 34.8 Å². The summed E-state index contributed by atoms with van der Waals surface area (Å²) in [5.41, 5.74) is 4.30. The van der Waals surface area contributed by atoms with E-state index in [-0.39, 0.29) is 17.8 Å². The van der Waals surface area contributed by atoms with Gasteiger partial charge in [0.25, 0.3) is 0 Å². The first-order chi connectivity index (χ1) is 16.2. The molecule has 0 spiro atoms. The number of Topliss-reactive ketones (excluding diaryl/α,β-unsaturated/α-hetero) is 1. The molecule has 0 bridgehead atoms. The Balaban J connectivity index is 1.79. The molecule has 2 aliphatic rings.